The van der Waals surface area contributed by atoms with Gasteiger partial charge in [0.15, 0.2) is 6.10 Å². The molecule has 0 aromatic heterocycles. The Kier molecular flexibility index (Phi) is 6.47. The summed E-state index contributed by atoms with van der Waals surface area (Å²) in [7, 11) is 0. The van der Waals surface area contributed by atoms with Gasteiger partial charge in [-0.15, -0.1) is 0 Å². The molecule has 35 heavy (non-hydrogen) atoms. The second-order valence-electron chi connectivity index (χ2n) is 9.61. The number of aliphatic carboxylic acids is 1. The molecular weight excluding hydrogens is 448 g/mol. The van der Waals surface area contributed by atoms with Crippen molar-refractivity contribution in [3.63, 3.8) is 0 Å². The molecule has 1 saturated carbocycles. The Hall–Kier alpha value is -3.39. The zero-order chi connectivity index (χ0) is 24.4. The second kappa shape index (κ2) is 9.70. The van der Waals surface area contributed by atoms with E-state index in [1.165, 1.54) is 0 Å². The molecule has 0 spiro atoms. The number of carboxylic acids is 1. The number of amides is 2. The number of carbonyl (C=O) groups excluding carboxylic acids is 2. The van der Waals surface area contributed by atoms with Crippen LogP contribution in [0.3, 0.4) is 0 Å². The van der Waals surface area contributed by atoms with Gasteiger partial charge in [-0.25, -0.2) is 9.59 Å². The number of ether oxygens (including phenoxy) is 2. The highest BCUT2D eigenvalue weighted by atomic mass is 16.5. The lowest BCUT2D eigenvalue weighted by atomic mass is 9.96. The second-order valence-corrected chi connectivity index (χ2v) is 9.61. The van der Waals surface area contributed by atoms with Crippen LogP contribution in [0.2, 0.25) is 0 Å². The van der Waals surface area contributed by atoms with Crippen molar-refractivity contribution in [1.29, 1.82) is 0 Å². The van der Waals surface area contributed by atoms with Crippen molar-refractivity contribution in [3.8, 4) is 11.1 Å². The van der Waals surface area contributed by atoms with Crippen molar-refractivity contribution in [2.75, 3.05) is 13.2 Å². The lowest BCUT2D eigenvalue weighted by molar-refractivity contribution is -0.149. The van der Waals surface area contributed by atoms with Gasteiger partial charge in [-0.3, -0.25) is 4.79 Å². The van der Waals surface area contributed by atoms with Gasteiger partial charge in [0.05, 0.1) is 6.10 Å². The number of hydrogen-bond donors (Lipinski definition) is 3. The maximum Gasteiger partial charge on any atom is 0.408 e. The van der Waals surface area contributed by atoms with Gasteiger partial charge in [0.25, 0.3) is 0 Å². The largest absolute Gasteiger partial charge is 0.479 e. The van der Waals surface area contributed by atoms with Gasteiger partial charge >= 0.3 is 12.1 Å². The summed E-state index contributed by atoms with van der Waals surface area (Å²) < 4.78 is 11.2. The van der Waals surface area contributed by atoms with Crippen LogP contribution in [0.25, 0.3) is 11.1 Å². The third kappa shape index (κ3) is 4.62. The van der Waals surface area contributed by atoms with Crippen LogP contribution in [0.15, 0.2) is 48.5 Å². The van der Waals surface area contributed by atoms with E-state index in [4.69, 9.17) is 14.6 Å². The van der Waals surface area contributed by atoms with Gasteiger partial charge in [-0.05, 0) is 47.9 Å². The summed E-state index contributed by atoms with van der Waals surface area (Å²) in [5.74, 6) is -1.31. The van der Waals surface area contributed by atoms with Gasteiger partial charge in [-0.1, -0.05) is 61.4 Å². The zero-order valence-electron chi connectivity index (χ0n) is 19.5. The van der Waals surface area contributed by atoms with Crippen LogP contribution in [0.1, 0.15) is 55.6 Å². The van der Waals surface area contributed by atoms with E-state index in [1.807, 2.05) is 24.3 Å². The lowest BCUT2D eigenvalue weighted by Crippen LogP contribution is -2.58. The van der Waals surface area contributed by atoms with Crippen molar-refractivity contribution in [3.05, 3.63) is 59.7 Å². The summed E-state index contributed by atoms with van der Waals surface area (Å²) in [6, 6.07) is 16.3. The molecule has 5 rings (SSSR count). The maximum absolute atomic E-state index is 13.1. The fraction of sp³-hybridized carbons (Fsp3) is 0.444. The number of carbonyl (C=O) groups is 3. The first-order chi connectivity index (χ1) is 17.0. The van der Waals surface area contributed by atoms with E-state index in [1.54, 1.807) is 0 Å². The van der Waals surface area contributed by atoms with E-state index in [2.05, 4.69) is 34.9 Å². The monoisotopic (exact) mass is 478 g/mol. The first-order valence-electron chi connectivity index (χ1n) is 12.3. The molecule has 2 aromatic rings. The summed E-state index contributed by atoms with van der Waals surface area (Å²) in [4.78, 5) is 37.1. The molecule has 0 radical (unpaired) electrons. The van der Waals surface area contributed by atoms with Crippen molar-refractivity contribution in [2.24, 2.45) is 0 Å². The highest BCUT2D eigenvalue weighted by Gasteiger charge is 2.43. The van der Waals surface area contributed by atoms with Gasteiger partial charge in [-0.2, -0.15) is 0 Å². The summed E-state index contributed by atoms with van der Waals surface area (Å²) in [6.07, 6.45) is 1.97. The van der Waals surface area contributed by atoms with Crippen LogP contribution >= 0.6 is 0 Å². The molecule has 3 N–H and O–H groups in total. The number of nitrogens with one attached hydrogen (secondary N) is 2. The average molecular weight is 479 g/mol. The Labute approximate surface area is 204 Å². The predicted molar refractivity (Wildman–Crippen MR) is 128 cm³/mol. The summed E-state index contributed by atoms with van der Waals surface area (Å²) in [5, 5.41) is 14.8. The molecule has 1 heterocycles. The minimum absolute atomic E-state index is 0.0526. The summed E-state index contributed by atoms with van der Waals surface area (Å²) in [5.41, 5.74) is 3.55. The van der Waals surface area contributed by atoms with Crippen LogP contribution in [0.4, 0.5) is 4.79 Å². The van der Waals surface area contributed by atoms with E-state index in [0.717, 1.165) is 35.1 Å². The topological polar surface area (TPSA) is 114 Å². The van der Waals surface area contributed by atoms with Gasteiger partial charge in [0.2, 0.25) is 5.91 Å². The number of alkyl carbamates (subject to hydrolysis) is 1. The van der Waals surface area contributed by atoms with Crippen molar-refractivity contribution in [2.45, 2.75) is 62.2 Å². The standard InChI is InChI=1S/C27H30N2O6/c30-24(31)23-12-11-17(35-23)15-28-25(32)27(13-5-6-14-27)29-26(33)34-16-22-20-9-3-1-7-18(20)19-8-2-4-10-21(19)22/h1-4,7-10,17,22-23H,5-6,11-16H2,(H,28,32)(H,29,33)(H,30,31). The molecule has 2 unspecified atom stereocenters. The Balaban J connectivity index is 1.20. The van der Waals surface area contributed by atoms with Crippen molar-refractivity contribution >= 4 is 18.0 Å². The van der Waals surface area contributed by atoms with Gasteiger partial charge < -0.3 is 25.2 Å². The van der Waals surface area contributed by atoms with Crippen LogP contribution in [-0.4, -0.2) is 54.0 Å². The van der Waals surface area contributed by atoms with Crippen LogP contribution in [0, 0.1) is 0 Å². The smallest absolute Gasteiger partial charge is 0.408 e. The van der Waals surface area contributed by atoms with E-state index in [-0.39, 0.29) is 31.1 Å². The van der Waals surface area contributed by atoms with E-state index < -0.39 is 23.7 Å². The Morgan fingerprint density at radius 2 is 1.60 bits per heavy atom. The molecule has 2 fully saturated rings. The van der Waals surface area contributed by atoms with E-state index in [0.29, 0.717) is 25.7 Å². The average Bonchev–Trinajstić information content (AvgIpc) is 3.60. The lowest BCUT2D eigenvalue weighted by Gasteiger charge is -2.29. The molecule has 2 amide bonds. The minimum atomic E-state index is -1.02. The predicted octanol–water partition coefficient (Wildman–Crippen LogP) is 3.59. The first kappa shape index (κ1) is 23.4. The maximum atomic E-state index is 13.1. The van der Waals surface area contributed by atoms with E-state index >= 15 is 0 Å². The summed E-state index contributed by atoms with van der Waals surface area (Å²) in [6.45, 7) is 0.404. The minimum Gasteiger partial charge on any atom is -0.479 e. The molecule has 3 aliphatic rings. The molecule has 184 valence electrons. The third-order valence-electron chi connectivity index (χ3n) is 7.45. The zero-order valence-corrected chi connectivity index (χ0v) is 19.5. The number of hydrogen-bond acceptors (Lipinski definition) is 5. The van der Waals surface area contributed by atoms with Crippen LogP contribution in [-0.2, 0) is 19.1 Å². The fourth-order valence-corrected chi connectivity index (χ4v) is 5.63. The molecular formula is C27H30N2O6. The van der Waals surface area contributed by atoms with Crippen LogP contribution in [0.5, 0.6) is 0 Å². The highest BCUT2D eigenvalue weighted by molar-refractivity contribution is 5.90. The number of rotatable bonds is 7. The molecule has 2 aliphatic carbocycles. The number of benzene rings is 2. The Morgan fingerprint density at radius 1 is 0.971 bits per heavy atom. The molecule has 0 bridgehead atoms. The molecule has 2 aromatic carbocycles. The normalized spacial score (nSPS) is 22.3. The molecule has 8 nitrogen and oxygen atoms in total. The van der Waals surface area contributed by atoms with Crippen molar-refractivity contribution in [1.82, 2.24) is 10.6 Å². The molecule has 8 heteroatoms. The molecule has 1 aliphatic heterocycles. The number of carboxylic acid groups (broad SMARTS) is 1. The van der Waals surface area contributed by atoms with Gasteiger partial charge in [0, 0.05) is 12.5 Å². The Morgan fingerprint density at radius 3 is 2.20 bits per heavy atom. The van der Waals surface area contributed by atoms with Crippen LogP contribution < -0.4 is 10.6 Å². The molecule has 2 atom stereocenters. The van der Waals surface area contributed by atoms with E-state index in [9.17, 15) is 14.4 Å². The first-order valence-corrected chi connectivity index (χ1v) is 12.3. The number of fused-ring (bicyclic) bond motifs is 3. The summed E-state index contributed by atoms with van der Waals surface area (Å²) >= 11 is 0. The fourth-order valence-electron chi connectivity index (χ4n) is 5.63. The SMILES string of the molecule is O=C(NC1(C(=O)NCC2CCC(C(=O)O)O2)CCCC1)OCC1c2ccccc2-c2ccccc21. The van der Waals surface area contributed by atoms with Gasteiger partial charge in [0.1, 0.15) is 12.1 Å². The highest BCUT2D eigenvalue weighted by Crippen LogP contribution is 2.44. The third-order valence-corrected chi connectivity index (χ3v) is 7.45. The van der Waals surface area contributed by atoms with Crippen molar-refractivity contribution < 1.29 is 29.0 Å². The quantitative estimate of drug-likeness (QED) is 0.561. The Bertz CT molecular complexity index is 1080. The molecule has 1 saturated heterocycles.